The fraction of sp³-hybridized carbons (Fsp3) is 0.833. The first kappa shape index (κ1) is 25.9. The fourth-order valence-electron chi connectivity index (χ4n) is 9.00. The van der Waals surface area contributed by atoms with Crippen LogP contribution in [0.5, 0.6) is 0 Å². The molecule has 0 aromatic carbocycles. The Kier molecular flexibility index (Phi) is 6.26. The highest BCUT2D eigenvalue weighted by molar-refractivity contribution is 5.76. The molecule has 0 saturated heterocycles. The van der Waals surface area contributed by atoms with Crippen LogP contribution in [0.4, 0.5) is 0 Å². The Hall–Kier alpha value is -1.13. The van der Waals surface area contributed by atoms with Gasteiger partial charge in [0, 0.05) is 0 Å². The predicted octanol–water partition coefficient (Wildman–Crippen LogP) is 6.51. The van der Waals surface area contributed by atoms with Crippen molar-refractivity contribution in [3.8, 4) is 0 Å². The zero-order valence-electron chi connectivity index (χ0n) is 22.6. The smallest absolute Gasteiger partial charge is 0.312 e. The van der Waals surface area contributed by atoms with Gasteiger partial charge in [-0.25, -0.2) is 0 Å². The largest absolute Gasteiger partial charge is 0.481 e. The maximum Gasteiger partial charge on any atom is 0.312 e. The summed E-state index contributed by atoms with van der Waals surface area (Å²) in [6.45, 7) is 15.3. The molecule has 4 nitrogen and oxygen atoms in total. The van der Waals surface area contributed by atoms with Crippen molar-refractivity contribution in [3.05, 3.63) is 23.3 Å². The van der Waals surface area contributed by atoms with Crippen molar-refractivity contribution < 1.29 is 20.1 Å². The highest BCUT2D eigenvalue weighted by Gasteiger charge is 2.65. The van der Waals surface area contributed by atoms with Crippen molar-refractivity contribution in [1.29, 1.82) is 0 Å². The number of aliphatic hydroxyl groups excluding tert-OH is 1. The number of fused-ring (bicyclic) bond motifs is 5. The van der Waals surface area contributed by atoms with Gasteiger partial charge in [-0.3, -0.25) is 4.79 Å². The van der Waals surface area contributed by atoms with E-state index in [0.717, 1.165) is 38.5 Å². The van der Waals surface area contributed by atoms with Crippen LogP contribution in [0, 0.1) is 39.4 Å². The third-order valence-electron chi connectivity index (χ3n) is 11.5. The maximum atomic E-state index is 12.4. The van der Waals surface area contributed by atoms with E-state index in [1.54, 1.807) is 6.92 Å². The van der Waals surface area contributed by atoms with Gasteiger partial charge in [-0.2, -0.15) is 0 Å². The van der Waals surface area contributed by atoms with Gasteiger partial charge in [0.05, 0.1) is 17.1 Å². The molecule has 8 unspecified atom stereocenters. The number of hydrogen-bond acceptors (Lipinski definition) is 3. The Morgan fingerprint density at radius 3 is 2.41 bits per heavy atom. The maximum absolute atomic E-state index is 12.4. The molecule has 2 saturated carbocycles. The van der Waals surface area contributed by atoms with Gasteiger partial charge in [-0.15, -0.1) is 0 Å². The number of aliphatic carboxylic acids is 1. The van der Waals surface area contributed by atoms with E-state index in [0.29, 0.717) is 18.3 Å². The van der Waals surface area contributed by atoms with Crippen LogP contribution in [-0.4, -0.2) is 33.0 Å². The van der Waals surface area contributed by atoms with Crippen molar-refractivity contribution in [2.45, 2.75) is 118 Å². The van der Waals surface area contributed by atoms with Gasteiger partial charge in [-0.1, -0.05) is 52.7 Å². The highest BCUT2D eigenvalue weighted by Crippen LogP contribution is 2.71. The lowest BCUT2D eigenvalue weighted by Crippen LogP contribution is -2.58. The molecule has 0 aliphatic heterocycles. The second-order valence-corrected chi connectivity index (χ2v) is 13.9. The zero-order valence-corrected chi connectivity index (χ0v) is 22.6. The number of carboxylic acid groups (broad SMARTS) is 1. The van der Waals surface area contributed by atoms with Crippen molar-refractivity contribution in [1.82, 2.24) is 0 Å². The molecular formula is C30H48O4. The number of allylic oxidation sites excluding steroid dienone is 4. The number of hydrogen-bond donors (Lipinski definition) is 3. The summed E-state index contributed by atoms with van der Waals surface area (Å²) in [6, 6.07) is 0. The molecule has 3 N–H and O–H groups in total. The molecule has 0 amide bonds. The first-order valence-corrected chi connectivity index (χ1v) is 13.7. The van der Waals surface area contributed by atoms with Gasteiger partial charge in [0.25, 0.3) is 0 Å². The van der Waals surface area contributed by atoms with E-state index in [4.69, 9.17) is 0 Å². The van der Waals surface area contributed by atoms with Gasteiger partial charge in [0.15, 0.2) is 0 Å². The molecule has 4 aliphatic rings. The molecule has 34 heavy (non-hydrogen) atoms. The summed E-state index contributed by atoms with van der Waals surface area (Å²) in [4.78, 5) is 12.4. The summed E-state index contributed by atoms with van der Waals surface area (Å²) < 4.78 is 0. The molecule has 2 fully saturated rings. The van der Waals surface area contributed by atoms with E-state index in [1.807, 2.05) is 13.8 Å². The Bertz CT molecular complexity index is 896. The molecule has 0 radical (unpaired) electrons. The van der Waals surface area contributed by atoms with Crippen LogP contribution < -0.4 is 0 Å². The molecule has 4 heteroatoms. The first-order valence-electron chi connectivity index (χ1n) is 13.7. The summed E-state index contributed by atoms with van der Waals surface area (Å²) >= 11 is 0. The van der Waals surface area contributed by atoms with E-state index >= 15 is 0 Å². The molecule has 0 heterocycles. The highest BCUT2D eigenvalue weighted by atomic mass is 16.4. The first-order chi connectivity index (χ1) is 15.6. The Balaban J connectivity index is 1.64. The average Bonchev–Trinajstić information content (AvgIpc) is 3.01. The summed E-state index contributed by atoms with van der Waals surface area (Å²) in [5.41, 5.74) is 1.28. The molecule has 0 aromatic heterocycles. The van der Waals surface area contributed by atoms with Gasteiger partial charge in [-0.05, 0) is 111 Å². The van der Waals surface area contributed by atoms with Crippen LogP contribution in [0.1, 0.15) is 106 Å². The molecule has 0 bridgehead atoms. The molecule has 4 rings (SSSR count). The van der Waals surface area contributed by atoms with E-state index < -0.39 is 23.1 Å². The number of rotatable bonds is 6. The SMILES string of the molecule is CC(CCCC(C)(C)O)C1CCC2(C)C3=CCC4C(C)(CCC(O)C4(C)C(=O)O)C3=CCC12C. The van der Waals surface area contributed by atoms with E-state index in [9.17, 15) is 20.1 Å². The molecular weight excluding hydrogens is 424 g/mol. The van der Waals surface area contributed by atoms with Crippen LogP contribution in [0.25, 0.3) is 0 Å². The molecule has 0 spiro atoms. The molecule has 8 atom stereocenters. The third kappa shape index (κ3) is 3.57. The van der Waals surface area contributed by atoms with Crippen LogP contribution in [0.3, 0.4) is 0 Å². The number of aliphatic hydroxyl groups is 2. The third-order valence-corrected chi connectivity index (χ3v) is 11.5. The standard InChI is InChI=1S/C30H48O4/c1-19(9-8-15-26(2,3)34)20-12-17-29(6)22-10-11-23-27(4,21(22)13-18-28(20,29)5)16-14-24(31)30(23,7)25(32)33/h10,13,19-20,23-24,31,34H,8-9,11-12,14-18H2,1-7H3,(H,32,33). The minimum Gasteiger partial charge on any atom is -0.481 e. The monoisotopic (exact) mass is 472 g/mol. The lowest BCUT2D eigenvalue weighted by atomic mass is 9.44. The normalized spacial score (nSPS) is 44.9. The second kappa shape index (κ2) is 8.20. The molecule has 0 aromatic rings. The van der Waals surface area contributed by atoms with Crippen molar-refractivity contribution in [2.75, 3.05) is 0 Å². The Labute approximate surface area is 206 Å². The number of carboxylic acids is 1. The fourth-order valence-corrected chi connectivity index (χ4v) is 9.00. The quantitative estimate of drug-likeness (QED) is 0.411. The summed E-state index contributed by atoms with van der Waals surface area (Å²) in [6.07, 6.45) is 12.7. The minimum atomic E-state index is -1.11. The van der Waals surface area contributed by atoms with Crippen LogP contribution >= 0.6 is 0 Å². The summed E-state index contributed by atoms with van der Waals surface area (Å²) in [5, 5.41) is 31.1. The topological polar surface area (TPSA) is 77.8 Å². The minimum absolute atomic E-state index is 0.0813. The van der Waals surface area contributed by atoms with Gasteiger partial charge in [0.1, 0.15) is 0 Å². The predicted molar refractivity (Wildman–Crippen MR) is 136 cm³/mol. The van der Waals surface area contributed by atoms with Crippen molar-refractivity contribution in [2.24, 2.45) is 39.4 Å². The van der Waals surface area contributed by atoms with Gasteiger partial charge in [0.2, 0.25) is 0 Å². The van der Waals surface area contributed by atoms with E-state index in [1.165, 1.54) is 24.0 Å². The van der Waals surface area contributed by atoms with Gasteiger partial charge >= 0.3 is 5.97 Å². The molecule has 192 valence electrons. The lowest BCUT2D eigenvalue weighted by molar-refractivity contribution is -0.173. The van der Waals surface area contributed by atoms with Crippen LogP contribution in [0.2, 0.25) is 0 Å². The van der Waals surface area contributed by atoms with E-state index in [-0.39, 0.29) is 22.2 Å². The van der Waals surface area contributed by atoms with Crippen molar-refractivity contribution in [3.63, 3.8) is 0 Å². The Morgan fingerprint density at radius 1 is 1.12 bits per heavy atom. The number of carbonyl (C=O) groups is 1. The van der Waals surface area contributed by atoms with Crippen molar-refractivity contribution >= 4 is 5.97 Å². The average molecular weight is 473 g/mol. The second-order valence-electron chi connectivity index (χ2n) is 13.9. The summed E-state index contributed by atoms with van der Waals surface area (Å²) in [5.74, 6) is 0.334. The van der Waals surface area contributed by atoms with Crippen LogP contribution in [0.15, 0.2) is 23.3 Å². The lowest BCUT2D eigenvalue weighted by Gasteiger charge is -2.60. The zero-order chi connectivity index (χ0) is 25.3. The Morgan fingerprint density at radius 2 is 1.79 bits per heavy atom. The summed E-state index contributed by atoms with van der Waals surface area (Å²) in [7, 11) is 0. The van der Waals surface area contributed by atoms with Crippen LogP contribution in [-0.2, 0) is 4.79 Å². The van der Waals surface area contributed by atoms with Gasteiger partial charge < -0.3 is 15.3 Å². The molecule has 4 aliphatic carbocycles. The van der Waals surface area contributed by atoms with E-state index in [2.05, 4.69) is 39.8 Å².